The average molecular weight is 156 g/mol. The van der Waals surface area contributed by atoms with Crippen LogP contribution in [0.4, 0.5) is 0 Å². The molecule has 1 aliphatic rings. The minimum atomic E-state index is 0.736. The lowest BCUT2D eigenvalue weighted by Crippen LogP contribution is -2.33. The molecule has 0 spiro atoms. The average Bonchev–Trinajstić information content (AvgIpc) is 2.39. The van der Waals surface area contributed by atoms with E-state index in [9.17, 15) is 0 Å². The van der Waals surface area contributed by atoms with Gasteiger partial charge in [0.1, 0.15) is 0 Å². The highest BCUT2D eigenvalue weighted by molar-refractivity contribution is 4.86. The molecule has 0 saturated carbocycles. The van der Waals surface area contributed by atoms with E-state index in [1.54, 1.807) is 0 Å². The minimum absolute atomic E-state index is 0.736. The number of hydrogen-bond donors (Lipinski definition) is 2. The zero-order valence-corrected chi connectivity index (χ0v) is 7.69. The maximum atomic E-state index is 3.48. The first-order valence-electron chi connectivity index (χ1n) is 4.85. The fourth-order valence-electron chi connectivity index (χ4n) is 1.83. The van der Waals surface area contributed by atoms with Gasteiger partial charge in [0.15, 0.2) is 0 Å². The molecule has 0 aromatic heterocycles. The van der Waals surface area contributed by atoms with Gasteiger partial charge in [-0.3, -0.25) is 0 Å². The van der Waals surface area contributed by atoms with Crippen LogP contribution in [0.3, 0.4) is 0 Å². The van der Waals surface area contributed by atoms with Crippen LogP contribution in [0.15, 0.2) is 0 Å². The highest BCUT2D eigenvalue weighted by atomic mass is 15.2. The molecular formula is C9H20N2. The summed E-state index contributed by atoms with van der Waals surface area (Å²) in [5, 5.41) is 6.96. The molecule has 2 heteroatoms. The van der Waals surface area contributed by atoms with E-state index < -0.39 is 0 Å². The van der Waals surface area contributed by atoms with Gasteiger partial charge in [0.2, 0.25) is 0 Å². The molecule has 1 fully saturated rings. The van der Waals surface area contributed by atoms with Crippen molar-refractivity contribution in [1.82, 2.24) is 10.6 Å². The summed E-state index contributed by atoms with van der Waals surface area (Å²) in [6, 6.07) is 1.47. The van der Waals surface area contributed by atoms with Crippen molar-refractivity contribution in [1.29, 1.82) is 0 Å². The molecule has 11 heavy (non-hydrogen) atoms. The lowest BCUT2D eigenvalue weighted by molar-refractivity contribution is 0.448. The molecule has 0 aliphatic carbocycles. The van der Waals surface area contributed by atoms with Crippen molar-refractivity contribution < 1.29 is 0 Å². The highest BCUT2D eigenvalue weighted by Crippen LogP contribution is 2.11. The Morgan fingerprint density at radius 1 is 1.00 bits per heavy atom. The fraction of sp³-hybridized carbons (Fsp3) is 1.00. The topological polar surface area (TPSA) is 24.1 Å². The van der Waals surface area contributed by atoms with Crippen LogP contribution in [0, 0.1) is 0 Å². The Bertz CT molecular complexity index is 91.7. The van der Waals surface area contributed by atoms with Gasteiger partial charge in [-0.2, -0.15) is 0 Å². The summed E-state index contributed by atoms with van der Waals surface area (Å²) in [4.78, 5) is 0. The Labute approximate surface area is 69.8 Å². The molecule has 1 rings (SSSR count). The molecule has 2 unspecified atom stereocenters. The van der Waals surface area contributed by atoms with E-state index in [0.29, 0.717) is 0 Å². The van der Waals surface area contributed by atoms with Crippen LogP contribution < -0.4 is 10.6 Å². The fourth-order valence-corrected chi connectivity index (χ4v) is 1.83. The summed E-state index contributed by atoms with van der Waals surface area (Å²) < 4.78 is 0. The predicted octanol–water partition coefficient (Wildman–Crippen LogP) is 1.47. The molecule has 0 aromatic rings. The zero-order valence-electron chi connectivity index (χ0n) is 7.69. The van der Waals surface area contributed by atoms with Gasteiger partial charge in [-0.25, -0.2) is 0 Å². The molecule has 0 amide bonds. The van der Waals surface area contributed by atoms with Crippen LogP contribution in [0.2, 0.25) is 0 Å². The lowest BCUT2D eigenvalue weighted by atomic mass is 10.0. The Hall–Kier alpha value is -0.0800. The van der Waals surface area contributed by atoms with Crippen LogP contribution in [-0.2, 0) is 0 Å². The van der Waals surface area contributed by atoms with Crippen molar-refractivity contribution in [2.45, 2.75) is 51.6 Å². The maximum absolute atomic E-state index is 3.48. The van der Waals surface area contributed by atoms with E-state index in [4.69, 9.17) is 0 Å². The second-order valence-corrected chi connectivity index (χ2v) is 3.38. The third-order valence-corrected chi connectivity index (χ3v) is 2.41. The van der Waals surface area contributed by atoms with Crippen LogP contribution >= 0.6 is 0 Å². The molecule has 66 valence electrons. The lowest BCUT2D eigenvalue weighted by Gasteiger charge is -2.17. The van der Waals surface area contributed by atoms with E-state index in [-0.39, 0.29) is 0 Å². The standard InChI is InChI=1S/C9H20N2/c1-3-5-8-9(6-4-2)11-7-10-8/h8-11H,3-7H2,1-2H3. The molecule has 2 nitrogen and oxygen atoms in total. The Morgan fingerprint density at radius 3 is 1.82 bits per heavy atom. The zero-order chi connectivity index (χ0) is 8.10. The normalized spacial score (nSPS) is 31.1. The molecular weight excluding hydrogens is 136 g/mol. The Balaban J connectivity index is 2.25. The molecule has 1 heterocycles. The van der Waals surface area contributed by atoms with E-state index in [1.165, 1.54) is 25.7 Å². The van der Waals surface area contributed by atoms with Crippen molar-refractivity contribution in [2.24, 2.45) is 0 Å². The van der Waals surface area contributed by atoms with Gasteiger partial charge in [0.05, 0.1) is 0 Å². The van der Waals surface area contributed by atoms with Crippen LogP contribution in [-0.4, -0.2) is 18.8 Å². The predicted molar refractivity (Wildman–Crippen MR) is 48.5 cm³/mol. The largest absolute Gasteiger partial charge is 0.300 e. The van der Waals surface area contributed by atoms with Gasteiger partial charge in [-0.1, -0.05) is 26.7 Å². The van der Waals surface area contributed by atoms with E-state index >= 15 is 0 Å². The Kier molecular flexibility index (Phi) is 3.87. The van der Waals surface area contributed by atoms with E-state index in [1.807, 2.05) is 0 Å². The third-order valence-electron chi connectivity index (χ3n) is 2.41. The van der Waals surface area contributed by atoms with Gasteiger partial charge in [0, 0.05) is 18.8 Å². The second-order valence-electron chi connectivity index (χ2n) is 3.38. The van der Waals surface area contributed by atoms with Gasteiger partial charge in [-0.15, -0.1) is 0 Å². The molecule has 2 N–H and O–H groups in total. The van der Waals surface area contributed by atoms with Crippen molar-refractivity contribution in [3.8, 4) is 0 Å². The van der Waals surface area contributed by atoms with Crippen LogP contribution in [0.5, 0.6) is 0 Å². The third kappa shape index (κ3) is 2.46. The molecule has 1 saturated heterocycles. The summed E-state index contributed by atoms with van der Waals surface area (Å²) in [6.07, 6.45) is 5.22. The van der Waals surface area contributed by atoms with Gasteiger partial charge < -0.3 is 10.6 Å². The Morgan fingerprint density at radius 2 is 1.45 bits per heavy atom. The SMILES string of the molecule is CCCC1NCNC1CCC. The van der Waals surface area contributed by atoms with Gasteiger partial charge in [-0.05, 0) is 12.8 Å². The summed E-state index contributed by atoms with van der Waals surface area (Å²) in [7, 11) is 0. The van der Waals surface area contributed by atoms with Crippen LogP contribution in [0.25, 0.3) is 0 Å². The molecule has 0 bridgehead atoms. The van der Waals surface area contributed by atoms with E-state index in [0.717, 1.165) is 18.8 Å². The van der Waals surface area contributed by atoms with Crippen molar-refractivity contribution in [3.63, 3.8) is 0 Å². The van der Waals surface area contributed by atoms with E-state index in [2.05, 4.69) is 24.5 Å². The number of rotatable bonds is 4. The van der Waals surface area contributed by atoms with Crippen molar-refractivity contribution in [2.75, 3.05) is 6.67 Å². The van der Waals surface area contributed by atoms with Gasteiger partial charge in [0.25, 0.3) is 0 Å². The number of hydrogen-bond acceptors (Lipinski definition) is 2. The van der Waals surface area contributed by atoms with Gasteiger partial charge >= 0.3 is 0 Å². The molecule has 1 aliphatic heterocycles. The molecule has 2 atom stereocenters. The summed E-state index contributed by atoms with van der Waals surface area (Å²) in [5.41, 5.74) is 0. The van der Waals surface area contributed by atoms with Crippen LogP contribution in [0.1, 0.15) is 39.5 Å². The highest BCUT2D eigenvalue weighted by Gasteiger charge is 2.23. The quantitative estimate of drug-likeness (QED) is 0.644. The second kappa shape index (κ2) is 4.73. The van der Waals surface area contributed by atoms with Crippen molar-refractivity contribution >= 4 is 0 Å². The smallest absolute Gasteiger partial charge is 0.0459 e. The number of nitrogens with one attached hydrogen (secondary N) is 2. The summed E-state index contributed by atoms with van der Waals surface area (Å²) in [5.74, 6) is 0. The summed E-state index contributed by atoms with van der Waals surface area (Å²) in [6.45, 7) is 5.52. The van der Waals surface area contributed by atoms with Crippen molar-refractivity contribution in [3.05, 3.63) is 0 Å². The monoisotopic (exact) mass is 156 g/mol. The first-order valence-corrected chi connectivity index (χ1v) is 4.85. The maximum Gasteiger partial charge on any atom is 0.0459 e. The molecule has 0 aromatic carbocycles. The molecule has 0 radical (unpaired) electrons. The first kappa shape index (κ1) is 9.01. The summed E-state index contributed by atoms with van der Waals surface area (Å²) >= 11 is 0. The first-order chi connectivity index (χ1) is 5.38. The minimum Gasteiger partial charge on any atom is -0.300 e.